The average Bonchev–Trinajstić information content (AvgIpc) is 2.33. The maximum absolute atomic E-state index is 11.5. The van der Waals surface area contributed by atoms with E-state index in [0.717, 1.165) is 0 Å². The molecule has 1 fully saturated rings. The first-order chi connectivity index (χ1) is 8.13. The largest absolute Gasteiger partial charge is 0.335 e. The third-order valence-electron chi connectivity index (χ3n) is 2.68. The third kappa shape index (κ3) is 2.09. The highest BCUT2D eigenvalue weighted by Crippen LogP contribution is 2.19. The Balaban J connectivity index is 2.37. The Labute approximate surface area is 98.0 Å². The lowest BCUT2D eigenvalue weighted by atomic mass is 10.1. The van der Waals surface area contributed by atoms with E-state index in [1.165, 1.54) is 6.33 Å². The molecule has 0 bridgehead atoms. The molecule has 1 unspecified atom stereocenters. The molecule has 2 rings (SSSR count). The van der Waals surface area contributed by atoms with Crippen LogP contribution in [0.2, 0.25) is 0 Å². The summed E-state index contributed by atoms with van der Waals surface area (Å²) in [5.41, 5.74) is 6.29. The molecule has 7 heteroatoms. The fourth-order valence-corrected chi connectivity index (χ4v) is 1.73. The molecule has 1 saturated heterocycles. The Morgan fingerprint density at radius 2 is 2.35 bits per heavy atom. The molecule has 7 nitrogen and oxygen atoms in total. The van der Waals surface area contributed by atoms with Crippen molar-refractivity contribution in [2.75, 3.05) is 11.4 Å². The summed E-state index contributed by atoms with van der Waals surface area (Å²) in [7, 11) is 0. The molecule has 1 aromatic heterocycles. The predicted octanol–water partition coefficient (Wildman–Crippen LogP) is -1.21. The van der Waals surface area contributed by atoms with Crippen molar-refractivity contribution < 1.29 is 9.59 Å². The van der Waals surface area contributed by atoms with E-state index in [2.05, 4.69) is 15.3 Å². The van der Waals surface area contributed by atoms with Gasteiger partial charge in [-0.25, -0.2) is 9.97 Å². The highest BCUT2D eigenvalue weighted by atomic mass is 16.2. The van der Waals surface area contributed by atoms with E-state index >= 15 is 0 Å². The van der Waals surface area contributed by atoms with Crippen LogP contribution in [0, 0.1) is 0 Å². The molecular weight excluding hydrogens is 222 g/mol. The Hall–Kier alpha value is -2.02. The van der Waals surface area contributed by atoms with Gasteiger partial charge in [0, 0.05) is 18.3 Å². The molecular formula is C10H13N5O2. The zero-order chi connectivity index (χ0) is 12.4. The number of rotatable bonds is 2. The predicted molar refractivity (Wildman–Crippen MR) is 59.9 cm³/mol. The van der Waals surface area contributed by atoms with Gasteiger partial charge in [-0.15, -0.1) is 0 Å². The first-order valence-electron chi connectivity index (χ1n) is 5.22. The van der Waals surface area contributed by atoms with Gasteiger partial charge < -0.3 is 10.6 Å². The molecule has 0 aromatic carbocycles. The number of nitrogens with two attached hydrogens (primary N) is 1. The van der Waals surface area contributed by atoms with E-state index in [4.69, 9.17) is 5.73 Å². The number of imide groups is 1. The standard InChI is InChI=1S/C10H13N5O2/c1-6-10(17)14-8(16)4-15(6)9-7(2-11)3-12-5-13-9/h3,5-6H,2,4,11H2,1H3,(H,14,16,17). The van der Waals surface area contributed by atoms with Gasteiger partial charge in [-0.05, 0) is 6.92 Å². The topological polar surface area (TPSA) is 101 Å². The minimum absolute atomic E-state index is 0.0942. The van der Waals surface area contributed by atoms with Crippen LogP contribution in [0.15, 0.2) is 12.5 Å². The number of nitrogens with one attached hydrogen (secondary N) is 1. The number of nitrogens with zero attached hydrogens (tertiary/aromatic N) is 3. The van der Waals surface area contributed by atoms with Crippen LogP contribution in [0.5, 0.6) is 0 Å². The Kier molecular flexibility index (Phi) is 3.01. The second kappa shape index (κ2) is 4.46. The van der Waals surface area contributed by atoms with E-state index in [-0.39, 0.29) is 24.9 Å². The van der Waals surface area contributed by atoms with Crippen LogP contribution < -0.4 is 16.0 Å². The lowest BCUT2D eigenvalue weighted by Gasteiger charge is -2.33. The second-order valence-electron chi connectivity index (χ2n) is 3.79. The van der Waals surface area contributed by atoms with Gasteiger partial charge in [0.2, 0.25) is 11.8 Å². The van der Waals surface area contributed by atoms with E-state index in [0.29, 0.717) is 11.4 Å². The highest BCUT2D eigenvalue weighted by Gasteiger charge is 2.32. The van der Waals surface area contributed by atoms with Gasteiger partial charge in [-0.2, -0.15) is 0 Å². The lowest BCUT2D eigenvalue weighted by molar-refractivity contribution is -0.132. The monoisotopic (exact) mass is 235 g/mol. The maximum atomic E-state index is 11.5. The van der Waals surface area contributed by atoms with Gasteiger partial charge in [0.15, 0.2) is 0 Å². The van der Waals surface area contributed by atoms with Crippen LogP contribution >= 0.6 is 0 Å². The Morgan fingerprint density at radius 1 is 1.59 bits per heavy atom. The van der Waals surface area contributed by atoms with Gasteiger partial charge in [0.05, 0.1) is 6.54 Å². The summed E-state index contributed by atoms with van der Waals surface area (Å²) in [4.78, 5) is 32.5. The van der Waals surface area contributed by atoms with Crippen LogP contribution in [0.4, 0.5) is 5.82 Å². The Bertz CT molecular complexity index is 462. The zero-order valence-corrected chi connectivity index (χ0v) is 9.38. The molecule has 0 spiro atoms. The number of amides is 2. The minimum atomic E-state index is -0.451. The van der Waals surface area contributed by atoms with Crippen LogP contribution in [-0.2, 0) is 16.1 Å². The van der Waals surface area contributed by atoms with Crippen LogP contribution in [0.25, 0.3) is 0 Å². The minimum Gasteiger partial charge on any atom is -0.335 e. The second-order valence-corrected chi connectivity index (χ2v) is 3.79. The average molecular weight is 235 g/mol. The summed E-state index contributed by atoms with van der Waals surface area (Å²) in [5.74, 6) is -0.129. The summed E-state index contributed by atoms with van der Waals surface area (Å²) in [6.07, 6.45) is 2.96. The summed E-state index contributed by atoms with van der Waals surface area (Å²) >= 11 is 0. The molecule has 1 aliphatic heterocycles. The van der Waals surface area contributed by atoms with Crippen molar-refractivity contribution in [1.82, 2.24) is 15.3 Å². The van der Waals surface area contributed by atoms with Crippen molar-refractivity contribution in [3.8, 4) is 0 Å². The first kappa shape index (κ1) is 11.5. The lowest BCUT2D eigenvalue weighted by Crippen LogP contribution is -2.57. The number of anilines is 1. The summed E-state index contributed by atoms with van der Waals surface area (Å²) in [6, 6.07) is -0.451. The number of carbonyl (C=O) groups excluding carboxylic acids is 2. The van der Waals surface area contributed by atoms with Crippen molar-refractivity contribution in [2.45, 2.75) is 19.5 Å². The van der Waals surface area contributed by atoms with E-state index < -0.39 is 6.04 Å². The van der Waals surface area contributed by atoms with E-state index in [1.54, 1.807) is 18.0 Å². The number of aromatic nitrogens is 2. The van der Waals surface area contributed by atoms with Gasteiger partial charge in [0.25, 0.3) is 0 Å². The molecule has 17 heavy (non-hydrogen) atoms. The molecule has 1 aliphatic rings. The van der Waals surface area contributed by atoms with Gasteiger partial charge >= 0.3 is 0 Å². The van der Waals surface area contributed by atoms with Gasteiger partial charge in [-0.3, -0.25) is 14.9 Å². The number of carbonyl (C=O) groups is 2. The molecule has 0 saturated carbocycles. The van der Waals surface area contributed by atoms with Gasteiger partial charge in [-0.1, -0.05) is 0 Å². The first-order valence-corrected chi connectivity index (χ1v) is 5.22. The van der Waals surface area contributed by atoms with Crippen LogP contribution in [0.1, 0.15) is 12.5 Å². The smallest absolute Gasteiger partial charge is 0.249 e. The molecule has 3 N–H and O–H groups in total. The molecule has 90 valence electrons. The molecule has 2 heterocycles. The SMILES string of the molecule is CC1C(=O)NC(=O)CN1c1ncncc1CN. The summed E-state index contributed by atoms with van der Waals surface area (Å²) in [5, 5.41) is 2.27. The zero-order valence-electron chi connectivity index (χ0n) is 9.38. The number of hydrogen-bond donors (Lipinski definition) is 2. The molecule has 1 aromatic rings. The molecule has 2 amide bonds. The molecule has 0 aliphatic carbocycles. The van der Waals surface area contributed by atoms with Crippen molar-refractivity contribution >= 4 is 17.6 Å². The number of hydrogen-bond acceptors (Lipinski definition) is 6. The van der Waals surface area contributed by atoms with Gasteiger partial charge in [0.1, 0.15) is 18.2 Å². The normalized spacial score (nSPS) is 20.4. The number of piperazine rings is 1. The van der Waals surface area contributed by atoms with E-state index in [9.17, 15) is 9.59 Å². The van der Waals surface area contributed by atoms with Crippen molar-refractivity contribution in [3.05, 3.63) is 18.1 Å². The Morgan fingerprint density at radius 3 is 3.06 bits per heavy atom. The fourth-order valence-electron chi connectivity index (χ4n) is 1.73. The van der Waals surface area contributed by atoms with Crippen LogP contribution in [0.3, 0.4) is 0 Å². The quantitative estimate of drug-likeness (QED) is 0.623. The van der Waals surface area contributed by atoms with Crippen molar-refractivity contribution in [2.24, 2.45) is 5.73 Å². The van der Waals surface area contributed by atoms with Crippen molar-refractivity contribution in [1.29, 1.82) is 0 Å². The maximum Gasteiger partial charge on any atom is 0.249 e. The third-order valence-corrected chi connectivity index (χ3v) is 2.68. The van der Waals surface area contributed by atoms with E-state index in [1.807, 2.05) is 0 Å². The molecule has 1 atom stereocenters. The van der Waals surface area contributed by atoms with Crippen molar-refractivity contribution in [3.63, 3.8) is 0 Å². The highest BCUT2D eigenvalue weighted by molar-refractivity contribution is 6.04. The summed E-state index contributed by atoms with van der Waals surface area (Å²) in [6.45, 7) is 2.07. The fraction of sp³-hybridized carbons (Fsp3) is 0.400. The summed E-state index contributed by atoms with van der Waals surface area (Å²) < 4.78 is 0. The van der Waals surface area contributed by atoms with Crippen LogP contribution in [-0.4, -0.2) is 34.4 Å². The molecule has 0 radical (unpaired) electrons.